The van der Waals surface area contributed by atoms with Crippen LogP contribution in [0.25, 0.3) is 0 Å². The molecule has 1 unspecified atom stereocenters. The third-order valence-corrected chi connectivity index (χ3v) is 3.02. The van der Waals surface area contributed by atoms with Gasteiger partial charge in [0.25, 0.3) is 0 Å². The SMILES string of the molecule is COc1ccccc1NC(C)c1cccc(C)c1. The normalized spacial score (nSPS) is 11.9. The van der Waals surface area contributed by atoms with Crippen molar-refractivity contribution in [3.8, 4) is 5.75 Å². The molecule has 0 radical (unpaired) electrons. The van der Waals surface area contributed by atoms with E-state index in [0.717, 1.165) is 11.4 Å². The molecule has 0 saturated carbocycles. The Kier molecular flexibility index (Phi) is 3.88. The van der Waals surface area contributed by atoms with E-state index in [-0.39, 0.29) is 6.04 Å². The Morgan fingerprint density at radius 2 is 1.83 bits per heavy atom. The highest BCUT2D eigenvalue weighted by Gasteiger charge is 2.08. The maximum absolute atomic E-state index is 5.34. The van der Waals surface area contributed by atoms with E-state index < -0.39 is 0 Å². The molecule has 2 aromatic carbocycles. The van der Waals surface area contributed by atoms with Crippen LogP contribution in [0, 0.1) is 6.92 Å². The zero-order chi connectivity index (χ0) is 13.0. The van der Waals surface area contributed by atoms with Gasteiger partial charge in [0.1, 0.15) is 5.75 Å². The van der Waals surface area contributed by atoms with Gasteiger partial charge in [-0.05, 0) is 31.5 Å². The summed E-state index contributed by atoms with van der Waals surface area (Å²) in [6.45, 7) is 4.26. The Balaban J connectivity index is 2.18. The fourth-order valence-corrected chi connectivity index (χ4v) is 2.02. The van der Waals surface area contributed by atoms with Crippen LogP contribution in [0.5, 0.6) is 5.75 Å². The van der Waals surface area contributed by atoms with Crippen molar-refractivity contribution in [3.63, 3.8) is 0 Å². The molecule has 0 aromatic heterocycles. The molecular weight excluding hydrogens is 222 g/mol. The van der Waals surface area contributed by atoms with E-state index in [0.29, 0.717) is 0 Å². The average Bonchev–Trinajstić information content (AvgIpc) is 2.39. The first-order valence-electron chi connectivity index (χ1n) is 6.17. The van der Waals surface area contributed by atoms with Crippen LogP contribution in [0.4, 0.5) is 5.69 Å². The molecule has 2 heteroatoms. The van der Waals surface area contributed by atoms with Crippen LogP contribution in [-0.4, -0.2) is 7.11 Å². The van der Waals surface area contributed by atoms with Crippen molar-refractivity contribution in [1.82, 2.24) is 0 Å². The first-order chi connectivity index (χ1) is 8.70. The Labute approximate surface area is 109 Å². The third-order valence-electron chi connectivity index (χ3n) is 3.02. The number of ether oxygens (including phenoxy) is 1. The van der Waals surface area contributed by atoms with Gasteiger partial charge in [-0.15, -0.1) is 0 Å². The van der Waals surface area contributed by atoms with Gasteiger partial charge in [-0.2, -0.15) is 0 Å². The van der Waals surface area contributed by atoms with E-state index in [1.54, 1.807) is 7.11 Å². The topological polar surface area (TPSA) is 21.3 Å². The molecular formula is C16H19NO. The largest absolute Gasteiger partial charge is 0.495 e. The fraction of sp³-hybridized carbons (Fsp3) is 0.250. The fourth-order valence-electron chi connectivity index (χ4n) is 2.02. The molecule has 1 atom stereocenters. The number of rotatable bonds is 4. The molecule has 2 rings (SSSR count). The highest BCUT2D eigenvalue weighted by molar-refractivity contribution is 5.57. The Morgan fingerprint density at radius 1 is 1.06 bits per heavy atom. The van der Waals surface area contributed by atoms with Crippen LogP contribution in [0.3, 0.4) is 0 Å². The van der Waals surface area contributed by atoms with Crippen LogP contribution in [-0.2, 0) is 0 Å². The molecule has 0 heterocycles. The number of methoxy groups -OCH3 is 1. The lowest BCUT2D eigenvalue weighted by Gasteiger charge is -2.18. The van der Waals surface area contributed by atoms with Crippen molar-refractivity contribution >= 4 is 5.69 Å². The van der Waals surface area contributed by atoms with E-state index in [9.17, 15) is 0 Å². The predicted molar refractivity (Wildman–Crippen MR) is 76.2 cm³/mol. The summed E-state index contributed by atoms with van der Waals surface area (Å²) in [7, 11) is 1.69. The summed E-state index contributed by atoms with van der Waals surface area (Å²) >= 11 is 0. The Bertz CT molecular complexity index is 522. The number of nitrogens with one attached hydrogen (secondary N) is 1. The van der Waals surface area contributed by atoms with Crippen molar-refractivity contribution in [2.45, 2.75) is 19.9 Å². The Morgan fingerprint density at radius 3 is 2.56 bits per heavy atom. The summed E-state index contributed by atoms with van der Waals surface area (Å²) in [4.78, 5) is 0. The highest BCUT2D eigenvalue weighted by Crippen LogP contribution is 2.27. The van der Waals surface area contributed by atoms with Crippen LogP contribution in [0.1, 0.15) is 24.1 Å². The van der Waals surface area contributed by atoms with Gasteiger partial charge in [0.15, 0.2) is 0 Å². The number of anilines is 1. The van der Waals surface area contributed by atoms with Crippen LogP contribution >= 0.6 is 0 Å². The molecule has 0 bridgehead atoms. The van der Waals surface area contributed by atoms with Gasteiger partial charge in [-0.25, -0.2) is 0 Å². The first-order valence-corrected chi connectivity index (χ1v) is 6.17. The zero-order valence-corrected chi connectivity index (χ0v) is 11.1. The summed E-state index contributed by atoms with van der Waals surface area (Å²) in [6.07, 6.45) is 0. The van der Waals surface area contributed by atoms with Crippen molar-refractivity contribution in [1.29, 1.82) is 0 Å². The van der Waals surface area contributed by atoms with E-state index in [1.807, 2.05) is 24.3 Å². The number of aryl methyl sites for hydroxylation is 1. The van der Waals surface area contributed by atoms with Gasteiger partial charge < -0.3 is 10.1 Å². The number of benzene rings is 2. The number of hydrogen-bond donors (Lipinski definition) is 1. The van der Waals surface area contributed by atoms with Gasteiger partial charge >= 0.3 is 0 Å². The lowest BCUT2D eigenvalue weighted by atomic mass is 10.1. The van der Waals surface area contributed by atoms with E-state index in [2.05, 4.69) is 43.4 Å². The highest BCUT2D eigenvalue weighted by atomic mass is 16.5. The van der Waals surface area contributed by atoms with Crippen LogP contribution in [0.15, 0.2) is 48.5 Å². The minimum Gasteiger partial charge on any atom is -0.495 e. The van der Waals surface area contributed by atoms with Crippen molar-refractivity contribution in [3.05, 3.63) is 59.7 Å². The number of hydrogen-bond acceptors (Lipinski definition) is 2. The van der Waals surface area contributed by atoms with Crippen molar-refractivity contribution in [2.75, 3.05) is 12.4 Å². The van der Waals surface area contributed by atoms with Gasteiger partial charge in [0.2, 0.25) is 0 Å². The van der Waals surface area contributed by atoms with Gasteiger partial charge in [0.05, 0.1) is 12.8 Å². The number of para-hydroxylation sites is 2. The standard InChI is InChI=1S/C16H19NO/c1-12-7-6-8-14(11-12)13(2)17-15-9-4-5-10-16(15)18-3/h4-11,13,17H,1-3H3. The predicted octanol–water partition coefficient (Wildman–Crippen LogP) is 4.18. The molecule has 0 fully saturated rings. The minimum absolute atomic E-state index is 0.251. The van der Waals surface area contributed by atoms with Gasteiger partial charge in [0, 0.05) is 6.04 Å². The molecule has 2 nitrogen and oxygen atoms in total. The zero-order valence-electron chi connectivity index (χ0n) is 11.1. The smallest absolute Gasteiger partial charge is 0.141 e. The second-order valence-electron chi connectivity index (χ2n) is 4.48. The van der Waals surface area contributed by atoms with Gasteiger partial charge in [-0.1, -0.05) is 42.0 Å². The second-order valence-corrected chi connectivity index (χ2v) is 4.48. The summed E-state index contributed by atoms with van der Waals surface area (Å²) in [6, 6.07) is 16.8. The van der Waals surface area contributed by atoms with Gasteiger partial charge in [-0.3, -0.25) is 0 Å². The second kappa shape index (κ2) is 5.58. The van der Waals surface area contributed by atoms with E-state index >= 15 is 0 Å². The average molecular weight is 241 g/mol. The lowest BCUT2D eigenvalue weighted by Crippen LogP contribution is -2.07. The molecule has 1 N–H and O–H groups in total. The monoisotopic (exact) mass is 241 g/mol. The molecule has 94 valence electrons. The maximum Gasteiger partial charge on any atom is 0.141 e. The summed E-state index contributed by atoms with van der Waals surface area (Å²) in [5, 5.41) is 3.48. The van der Waals surface area contributed by atoms with E-state index in [1.165, 1.54) is 11.1 Å². The maximum atomic E-state index is 5.34. The quantitative estimate of drug-likeness (QED) is 0.867. The minimum atomic E-state index is 0.251. The molecule has 18 heavy (non-hydrogen) atoms. The molecule has 0 aliphatic heterocycles. The molecule has 2 aromatic rings. The summed E-state index contributed by atoms with van der Waals surface area (Å²) < 4.78 is 5.34. The van der Waals surface area contributed by atoms with Crippen molar-refractivity contribution in [2.24, 2.45) is 0 Å². The molecule has 0 amide bonds. The van der Waals surface area contributed by atoms with Crippen molar-refractivity contribution < 1.29 is 4.74 Å². The molecule has 0 aliphatic carbocycles. The summed E-state index contributed by atoms with van der Waals surface area (Å²) in [5.41, 5.74) is 3.58. The molecule has 0 saturated heterocycles. The van der Waals surface area contributed by atoms with Crippen LogP contribution < -0.4 is 10.1 Å². The molecule has 0 aliphatic rings. The van der Waals surface area contributed by atoms with E-state index in [4.69, 9.17) is 4.74 Å². The lowest BCUT2D eigenvalue weighted by molar-refractivity contribution is 0.416. The summed E-state index contributed by atoms with van der Waals surface area (Å²) in [5.74, 6) is 0.872. The Hall–Kier alpha value is -1.96. The molecule has 0 spiro atoms. The third kappa shape index (κ3) is 2.83. The first kappa shape index (κ1) is 12.5. The van der Waals surface area contributed by atoms with Crippen LogP contribution in [0.2, 0.25) is 0 Å².